The molecule has 2 aliphatic rings. The molecule has 0 bridgehead atoms. The Hall–Kier alpha value is -6.07. The molecule has 6 aromatic rings. The van der Waals surface area contributed by atoms with Gasteiger partial charge in [-0.2, -0.15) is 10.2 Å². The molecule has 1 fully saturated rings. The van der Waals surface area contributed by atoms with E-state index in [4.69, 9.17) is 25.9 Å². The van der Waals surface area contributed by atoms with E-state index in [9.17, 15) is 19.5 Å². The van der Waals surface area contributed by atoms with E-state index < -0.39 is 12.1 Å². The Balaban J connectivity index is 1.18. The van der Waals surface area contributed by atoms with Crippen LogP contribution in [-0.2, 0) is 37.4 Å². The largest absolute Gasteiger partial charge is 0.368 e. The number of imidazole rings is 2. The summed E-state index contributed by atoms with van der Waals surface area (Å²) in [6.45, 7) is 8.59. The van der Waals surface area contributed by atoms with Crippen molar-refractivity contribution in [3.8, 4) is 0 Å². The molecule has 17 heteroatoms. The lowest BCUT2D eigenvalue weighted by atomic mass is 10.0. The van der Waals surface area contributed by atoms with Gasteiger partial charge in [0.05, 0.1) is 52.5 Å². The minimum atomic E-state index is -1.10. The van der Waals surface area contributed by atoms with Crippen LogP contribution in [0.4, 0.5) is 17.6 Å². The van der Waals surface area contributed by atoms with Gasteiger partial charge in [0.25, 0.3) is 5.91 Å². The Labute approximate surface area is 322 Å². The Morgan fingerprint density at radius 1 is 0.929 bits per heavy atom. The highest BCUT2D eigenvalue weighted by Crippen LogP contribution is 2.32. The normalized spacial score (nSPS) is 17.5. The first-order chi connectivity index (χ1) is 27.1. The van der Waals surface area contributed by atoms with Gasteiger partial charge in [-0.3, -0.25) is 39.3 Å². The zero-order valence-corrected chi connectivity index (χ0v) is 31.9. The number of nitrogens with zero attached hydrogens (tertiary/aromatic N) is 9. The maximum absolute atomic E-state index is 14.2. The van der Waals surface area contributed by atoms with Crippen molar-refractivity contribution in [2.24, 2.45) is 5.73 Å². The van der Waals surface area contributed by atoms with Crippen LogP contribution in [0.25, 0.3) is 22.1 Å². The third kappa shape index (κ3) is 6.87. The number of rotatable bonds is 3. The van der Waals surface area contributed by atoms with Crippen molar-refractivity contribution >= 4 is 57.4 Å². The Morgan fingerprint density at radius 2 is 1.71 bits per heavy atom. The molecule has 2 aliphatic heterocycles. The molecular weight excluding hydrogens is 715 g/mol. The van der Waals surface area contributed by atoms with Gasteiger partial charge in [0, 0.05) is 37.3 Å². The summed E-state index contributed by atoms with van der Waals surface area (Å²) >= 11 is 0. The predicted molar refractivity (Wildman–Crippen MR) is 211 cm³/mol. The van der Waals surface area contributed by atoms with Gasteiger partial charge in [0.2, 0.25) is 23.7 Å². The summed E-state index contributed by atoms with van der Waals surface area (Å²) in [6, 6.07) is 12.8. The van der Waals surface area contributed by atoms with Crippen LogP contribution >= 0.6 is 0 Å². The molecule has 2 aromatic carbocycles. The smallest absolute Gasteiger partial charge is 0.276 e. The molecule has 0 radical (unpaired) electrons. The fraction of sp³-hybridized carbons (Fsp3) is 0.410. The quantitative estimate of drug-likeness (QED) is 0.175. The van der Waals surface area contributed by atoms with Crippen molar-refractivity contribution in [1.29, 1.82) is 0 Å². The van der Waals surface area contributed by atoms with E-state index in [0.717, 1.165) is 47.2 Å². The van der Waals surface area contributed by atoms with Gasteiger partial charge >= 0.3 is 0 Å². The number of nitrogens with two attached hydrogens (primary N) is 1. The molecule has 0 saturated carbocycles. The molecule has 6 N–H and O–H groups in total. The highest BCUT2D eigenvalue weighted by Gasteiger charge is 2.27. The van der Waals surface area contributed by atoms with Crippen molar-refractivity contribution in [3.63, 3.8) is 0 Å². The average molecular weight is 762 g/mol. The number of benzene rings is 2. The minimum absolute atomic E-state index is 0.0375. The number of hydrogen-bond donors (Lipinski definition) is 5. The standard InChI is InChI=1S/C39H47N13O4/c1-4-51-34-26(24(3)47-51)11-6-5-7-18-52-31(19-23(2)46-52)36(55)44-39-43-33-29(12-10-13-30(33)50-22-41-21-32(50)53)49(39)17-9-8-16-48-28-15-14-25(35(40)54)20-27(28)42-38(48)45-37(34)56/h10,12-15,19-20,36,41,55H,4-9,11,16-18,21-22H2,1-3H3,(H2,40,54)(H,43,44)(H,42,45,56). The van der Waals surface area contributed by atoms with Gasteiger partial charge in [0.15, 0.2) is 6.23 Å². The number of anilines is 3. The Morgan fingerprint density at radius 3 is 2.46 bits per heavy atom. The number of aromatic nitrogens is 8. The zero-order chi connectivity index (χ0) is 39.1. The number of nitrogens with one attached hydrogen (secondary N) is 3. The number of carbonyl (C=O) groups excluding carboxylic acids is 3. The monoisotopic (exact) mass is 761 g/mol. The molecule has 8 rings (SSSR count). The van der Waals surface area contributed by atoms with E-state index in [1.165, 1.54) is 0 Å². The number of carbonyl (C=O) groups is 3. The number of primary amides is 1. The van der Waals surface area contributed by atoms with Crippen LogP contribution in [0, 0.1) is 13.8 Å². The highest BCUT2D eigenvalue weighted by atomic mass is 16.3. The average Bonchev–Trinajstić information content (AvgIpc) is 3.99. The van der Waals surface area contributed by atoms with Crippen LogP contribution in [0.3, 0.4) is 0 Å². The first-order valence-electron chi connectivity index (χ1n) is 19.3. The van der Waals surface area contributed by atoms with Crippen molar-refractivity contribution in [2.45, 2.75) is 91.7 Å². The first-order valence-corrected chi connectivity index (χ1v) is 19.3. The van der Waals surface area contributed by atoms with E-state index in [1.807, 2.05) is 58.9 Å². The van der Waals surface area contributed by atoms with Gasteiger partial charge in [-0.15, -0.1) is 0 Å². The van der Waals surface area contributed by atoms with E-state index in [-0.39, 0.29) is 18.4 Å². The van der Waals surface area contributed by atoms with Gasteiger partial charge in [-0.05, 0) is 89.3 Å². The first kappa shape index (κ1) is 36.9. The topological polar surface area (TPSA) is 208 Å². The second-order valence-corrected chi connectivity index (χ2v) is 14.5. The number of amides is 3. The fourth-order valence-electron chi connectivity index (χ4n) is 7.97. The van der Waals surface area contributed by atoms with Crippen LogP contribution in [0.15, 0.2) is 42.5 Å². The van der Waals surface area contributed by atoms with E-state index >= 15 is 0 Å². The van der Waals surface area contributed by atoms with Gasteiger partial charge in [0.1, 0.15) is 11.2 Å². The van der Waals surface area contributed by atoms with Crippen molar-refractivity contribution in [3.05, 3.63) is 76.4 Å². The second kappa shape index (κ2) is 15.2. The second-order valence-electron chi connectivity index (χ2n) is 14.5. The summed E-state index contributed by atoms with van der Waals surface area (Å²) in [4.78, 5) is 50.6. The van der Waals surface area contributed by atoms with Crippen LogP contribution in [-0.4, -0.2) is 74.7 Å². The van der Waals surface area contributed by atoms with E-state index in [1.54, 1.807) is 27.8 Å². The molecule has 6 heterocycles. The maximum Gasteiger partial charge on any atom is 0.276 e. The SMILES string of the molecule is CCn1nc(C)c2c1C(=O)Nc1nc3cc(C(N)=O)ccc3n1CCCCn1c(nc3c(N4CNCC4=O)cccc31)NC(O)c1cc(C)nn1CCCCC2. The molecule has 292 valence electrons. The maximum atomic E-state index is 14.2. The molecule has 4 aromatic heterocycles. The summed E-state index contributed by atoms with van der Waals surface area (Å²) in [7, 11) is 0. The molecule has 56 heavy (non-hydrogen) atoms. The lowest BCUT2D eigenvalue weighted by molar-refractivity contribution is -0.116. The minimum Gasteiger partial charge on any atom is -0.368 e. The number of aryl methyl sites for hydroxylation is 6. The predicted octanol–water partition coefficient (Wildman–Crippen LogP) is 3.97. The van der Waals surface area contributed by atoms with Crippen LogP contribution in [0.1, 0.15) is 88.7 Å². The Bertz CT molecular complexity index is 2470. The van der Waals surface area contributed by atoms with Gasteiger partial charge in [-0.1, -0.05) is 12.5 Å². The number of fused-ring (bicyclic) bond motifs is 8. The molecule has 1 saturated heterocycles. The third-order valence-electron chi connectivity index (χ3n) is 10.7. The summed E-state index contributed by atoms with van der Waals surface area (Å²) in [5.74, 6) is -0.0668. The van der Waals surface area contributed by atoms with Crippen LogP contribution in [0.2, 0.25) is 0 Å². The van der Waals surface area contributed by atoms with Gasteiger partial charge < -0.3 is 25.3 Å². The molecular formula is C39H47N13O4. The fourth-order valence-corrected chi connectivity index (χ4v) is 7.97. The van der Waals surface area contributed by atoms with E-state index in [2.05, 4.69) is 16.0 Å². The lowest BCUT2D eigenvalue weighted by Gasteiger charge is -2.17. The van der Waals surface area contributed by atoms with Crippen molar-refractivity contribution < 1.29 is 19.5 Å². The molecule has 1 unspecified atom stereocenters. The number of hydrogen-bond acceptors (Lipinski definition) is 10. The number of aliphatic hydroxyl groups excluding tert-OH is 1. The van der Waals surface area contributed by atoms with Crippen molar-refractivity contribution in [2.75, 3.05) is 28.7 Å². The summed E-state index contributed by atoms with van der Waals surface area (Å²) in [5.41, 5.74) is 13.0. The molecule has 0 aliphatic carbocycles. The van der Waals surface area contributed by atoms with Crippen molar-refractivity contribution in [1.82, 2.24) is 44.0 Å². The molecule has 3 amide bonds. The zero-order valence-electron chi connectivity index (χ0n) is 31.9. The number of para-hydroxylation sites is 1. The summed E-state index contributed by atoms with van der Waals surface area (Å²) in [6.07, 6.45) is 3.40. The highest BCUT2D eigenvalue weighted by molar-refractivity contribution is 6.05. The van der Waals surface area contributed by atoms with Gasteiger partial charge in [-0.25, -0.2) is 9.97 Å². The van der Waals surface area contributed by atoms with Crippen LogP contribution in [0.5, 0.6) is 0 Å². The molecule has 0 spiro atoms. The van der Waals surface area contributed by atoms with Crippen LogP contribution < -0.4 is 26.6 Å². The summed E-state index contributed by atoms with van der Waals surface area (Å²) < 4.78 is 7.59. The Kier molecular flexibility index (Phi) is 10.0. The lowest BCUT2D eigenvalue weighted by Crippen LogP contribution is -2.25. The third-order valence-corrected chi connectivity index (χ3v) is 10.7. The number of aliphatic hydroxyl groups is 1. The van der Waals surface area contributed by atoms with E-state index in [0.29, 0.717) is 97.7 Å². The summed E-state index contributed by atoms with van der Waals surface area (Å²) in [5, 5.41) is 30.6. The molecule has 17 nitrogen and oxygen atoms in total. The molecule has 1 atom stereocenters.